The second kappa shape index (κ2) is 25.3. The Hall–Kier alpha value is -5.47. The molecular formula is C41H60N10O8S2. The molecule has 3 aromatic rings. The van der Waals surface area contributed by atoms with E-state index in [1.54, 1.807) is 32.2 Å². The van der Waals surface area contributed by atoms with Crippen LogP contribution in [0.15, 0.2) is 59.7 Å². The zero-order chi connectivity index (χ0) is 45.1. The third-order valence-corrected chi connectivity index (χ3v) is 11.0. The molecule has 0 saturated heterocycles. The van der Waals surface area contributed by atoms with E-state index in [4.69, 9.17) is 17.2 Å². The van der Waals surface area contributed by atoms with Gasteiger partial charge in [-0.1, -0.05) is 44.2 Å². The zero-order valence-corrected chi connectivity index (χ0v) is 36.6. The van der Waals surface area contributed by atoms with Crippen LogP contribution < -0.4 is 43.8 Å². The molecule has 1 aromatic heterocycles. The van der Waals surface area contributed by atoms with Crippen molar-refractivity contribution in [3.05, 3.63) is 65.9 Å². The van der Waals surface area contributed by atoms with Gasteiger partial charge >= 0.3 is 5.97 Å². The van der Waals surface area contributed by atoms with E-state index in [2.05, 4.69) is 36.6 Å². The van der Waals surface area contributed by atoms with E-state index in [0.717, 1.165) is 16.5 Å². The molecule has 61 heavy (non-hydrogen) atoms. The molecule has 0 spiro atoms. The molecule has 0 fully saturated rings. The van der Waals surface area contributed by atoms with Gasteiger partial charge in [-0.2, -0.15) is 23.5 Å². The second-order valence-corrected chi connectivity index (χ2v) is 16.8. The van der Waals surface area contributed by atoms with E-state index < -0.39 is 77.7 Å². The van der Waals surface area contributed by atoms with Crippen LogP contribution in [-0.4, -0.2) is 123 Å². The number of carbonyl (C=O) groups is 6. The number of benzene rings is 2. The average Bonchev–Trinajstić information content (AvgIpc) is 3.63. The minimum atomic E-state index is -1.30. The number of aliphatic carboxylic acids is 1. The van der Waals surface area contributed by atoms with Gasteiger partial charge in [-0.3, -0.25) is 29.0 Å². The number of H-pyrrole nitrogens is 1. The summed E-state index contributed by atoms with van der Waals surface area (Å²) in [6.45, 7) is 3.54. The predicted molar refractivity (Wildman–Crippen MR) is 240 cm³/mol. The fourth-order valence-electron chi connectivity index (χ4n) is 6.35. The summed E-state index contributed by atoms with van der Waals surface area (Å²) in [6.07, 6.45) is 6.18. The number of nitrogens with one attached hydrogen (secondary N) is 6. The number of phenols is 1. The minimum Gasteiger partial charge on any atom is -0.508 e. The zero-order valence-electron chi connectivity index (χ0n) is 34.9. The fraction of sp³-hybridized carbons (Fsp3) is 0.488. The molecule has 14 N–H and O–H groups in total. The van der Waals surface area contributed by atoms with Gasteiger partial charge in [-0.05, 0) is 91.4 Å². The van der Waals surface area contributed by atoms with Gasteiger partial charge < -0.3 is 59.0 Å². The number of carboxylic acids is 1. The number of rotatable bonds is 26. The Balaban J connectivity index is 1.87. The van der Waals surface area contributed by atoms with Gasteiger partial charge in [-0.25, -0.2) is 4.79 Å². The predicted octanol–water partition coefficient (Wildman–Crippen LogP) is 0.710. The molecule has 0 aliphatic rings. The molecule has 0 aliphatic heterocycles. The Labute approximate surface area is 364 Å². The molecule has 6 atom stereocenters. The Morgan fingerprint density at radius 3 is 1.90 bits per heavy atom. The van der Waals surface area contributed by atoms with Crippen LogP contribution in [0.3, 0.4) is 0 Å². The summed E-state index contributed by atoms with van der Waals surface area (Å²) in [7, 11) is 0. The number of thioether (sulfide) groups is 2. The number of aromatic nitrogens is 1. The van der Waals surface area contributed by atoms with Crippen molar-refractivity contribution in [2.24, 2.45) is 28.1 Å². The number of phenolic OH excluding ortho intramolecular Hbond substituents is 1. The number of carboxylic acid groups (broad SMARTS) is 1. The Bertz CT molecular complexity index is 1960. The smallest absolute Gasteiger partial charge is 0.326 e. The summed E-state index contributed by atoms with van der Waals surface area (Å²) >= 11 is 2.86. The minimum absolute atomic E-state index is 0.0159. The highest BCUT2D eigenvalue weighted by molar-refractivity contribution is 7.98. The Morgan fingerprint density at radius 2 is 1.28 bits per heavy atom. The molecule has 0 aliphatic carbocycles. The van der Waals surface area contributed by atoms with Crippen LogP contribution in [0.1, 0.15) is 50.7 Å². The lowest BCUT2D eigenvalue weighted by atomic mass is 10.0. The van der Waals surface area contributed by atoms with Crippen LogP contribution in [0, 0.1) is 5.92 Å². The number of amides is 5. The van der Waals surface area contributed by atoms with Gasteiger partial charge in [0.1, 0.15) is 36.0 Å². The molecule has 2 aromatic carbocycles. The molecule has 20 heteroatoms. The van der Waals surface area contributed by atoms with Crippen molar-refractivity contribution in [2.75, 3.05) is 30.6 Å². The number of aromatic hydroxyl groups is 1. The van der Waals surface area contributed by atoms with Gasteiger partial charge in [-0.15, -0.1) is 0 Å². The standard InChI is InChI=1S/C41H60N10O8S2/c1-23(2)34(39(57)49-32(40(58)59)16-19-61-4)51-37(55)31(15-18-60-3)48-38(56)33(20-24-11-13-26(52)14-12-24)50-36(54)30(10-7-17-45-41(43)44)47-35(53)28(42)21-25-22-46-29-9-6-5-8-27(25)29/h5-6,8-9,11-14,22-23,28,30-34,46,52H,7,10,15-21,42H2,1-4H3,(H,47,53)(H,48,56)(H,49,57)(H,50,54)(H,51,55)(H,58,59)(H4,43,44,45)/t28-,30-,31-,32+,33-,34-/m0/s1. The first-order valence-corrected chi connectivity index (χ1v) is 22.7. The third kappa shape index (κ3) is 16.5. The SMILES string of the molecule is CSCC[C@H](NC(=O)[C@H](Cc1ccc(O)cc1)NC(=O)[C@H](CCCN=C(N)N)NC(=O)[C@@H](N)Cc1c[nH]c2ccccc12)C(=O)N[C@H](C(=O)N[C@H](CCSC)C(=O)O)C(C)C. The maximum Gasteiger partial charge on any atom is 0.326 e. The summed E-state index contributed by atoms with van der Waals surface area (Å²) in [4.78, 5) is 88.1. The highest BCUT2D eigenvalue weighted by atomic mass is 32.2. The van der Waals surface area contributed by atoms with E-state index in [0.29, 0.717) is 17.1 Å². The van der Waals surface area contributed by atoms with E-state index in [9.17, 15) is 39.0 Å². The van der Waals surface area contributed by atoms with E-state index in [1.807, 2.05) is 36.8 Å². The van der Waals surface area contributed by atoms with E-state index in [-0.39, 0.29) is 56.8 Å². The Kier molecular flexibility index (Phi) is 20.7. The number of aliphatic imine (C=N–C) groups is 1. The Morgan fingerprint density at radius 1 is 0.721 bits per heavy atom. The fourth-order valence-corrected chi connectivity index (χ4v) is 7.29. The van der Waals surface area contributed by atoms with Crippen molar-refractivity contribution in [3.63, 3.8) is 0 Å². The molecule has 18 nitrogen and oxygen atoms in total. The van der Waals surface area contributed by atoms with Crippen molar-refractivity contribution < 1.29 is 39.0 Å². The van der Waals surface area contributed by atoms with E-state index >= 15 is 0 Å². The van der Waals surface area contributed by atoms with Crippen LogP contribution >= 0.6 is 23.5 Å². The first kappa shape index (κ1) is 49.9. The summed E-state index contributed by atoms with van der Waals surface area (Å²) in [5.41, 5.74) is 19.6. The summed E-state index contributed by atoms with van der Waals surface area (Å²) in [5, 5.41) is 34.0. The van der Waals surface area contributed by atoms with Crippen molar-refractivity contribution >= 4 is 75.9 Å². The molecule has 0 unspecified atom stereocenters. The number of guanidine groups is 1. The highest BCUT2D eigenvalue weighted by Crippen LogP contribution is 2.19. The average molecular weight is 885 g/mol. The first-order valence-electron chi connectivity index (χ1n) is 19.9. The lowest BCUT2D eigenvalue weighted by Gasteiger charge is -2.28. The van der Waals surface area contributed by atoms with Gasteiger partial charge in [0.15, 0.2) is 5.96 Å². The molecule has 0 bridgehead atoms. The van der Waals surface area contributed by atoms with Crippen molar-refractivity contribution in [1.29, 1.82) is 0 Å². The molecule has 1 heterocycles. The number of carbonyl (C=O) groups excluding carboxylic acids is 5. The van der Waals surface area contributed by atoms with Crippen LogP contribution in [0.25, 0.3) is 10.9 Å². The molecule has 5 amide bonds. The largest absolute Gasteiger partial charge is 0.508 e. The first-order chi connectivity index (χ1) is 29.0. The van der Waals surface area contributed by atoms with Gasteiger partial charge in [0.05, 0.1) is 6.04 Å². The summed E-state index contributed by atoms with van der Waals surface area (Å²) < 4.78 is 0. The van der Waals surface area contributed by atoms with Crippen LogP contribution in [-0.2, 0) is 41.6 Å². The molecule has 3 rings (SSSR count). The monoisotopic (exact) mass is 884 g/mol. The van der Waals surface area contributed by atoms with E-state index in [1.165, 1.54) is 35.7 Å². The number of para-hydroxylation sites is 1. The topological polar surface area (TPSA) is 309 Å². The van der Waals surface area contributed by atoms with Crippen LogP contribution in [0.5, 0.6) is 5.75 Å². The molecule has 0 radical (unpaired) electrons. The van der Waals surface area contributed by atoms with Gasteiger partial charge in [0.25, 0.3) is 0 Å². The number of nitrogens with zero attached hydrogens (tertiary/aromatic N) is 1. The third-order valence-electron chi connectivity index (χ3n) is 9.75. The van der Waals surface area contributed by atoms with Crippen molar-refractivity contribution in [1.82, 2.24) is 31.6 Å². The quantitative estimate of drug-likeness (QED) is 0.0301. The van der Waals surface area contributed by atoms with Crippen molar-refractivity contribution in [2.45, 2.75) is 88.6 Å². The normalized spacial score (nSPS) is 14.1. The molecular weight excluding hydrogens is 825 g/mol. The second-order valence-electron chi connectivity index (χ2n) is 14.9. The maximum atomic E-state index is 14.2. The molecule has 0 saturated carbocycles. The van der Waals surface area contributed by atoms with Gasteiger partial charge in [0, 0.05) is 30.1 Å². The number of hydrogen-bond donors (Lipinski definition) is 11. The van der Waals surface area contributed by atoms with Gasteiger partial charge in [0.2, 0.25) is 29.5 Å². The summed E-state index contributed by atoms with van der Waals surface area (Å²) in [6, 6.07) is 6.59. The molecule has 334 valence electrons. The lowest BCUT2D eigenvalue weighted by Crippen LogP contribution is -2.60. The summed E-state index contributed by atoms with van der Waals surface area (Å²) in [5.74, 6) is -4.32. The number of aromatic amines is 1. The number of nitrogens with two attached hydrogens (primary N) is 3. The number of fused-ring (bicyclic) bond motifs is 1. The number of hydrogen-bond acceptors (Lipinski definition) is 11. The van der Waals surface area contributed by atoms with Crippen LogP contribution in [0.2, 0.25) is 0 Å². The highest BCUT2D eigenvalue weighted by Gasteiger charge is 2.34. The lowest BCUT2D eigenvalue weighted by molar-refractivity contribution is -0.142. The van der Waals surface area contributed by atoms with Crippen LogP contribution in [0.4, 0.5) is 0 Å². The van der Waals surface area contributed by atoms with Crippen molar-refractivity contribution in [3.8, 4) is 5.75 Å². The maximum absolute atomic E-state index is 14.2.